The lowest BCUT2D eigenvalue weighted by Crippen LogP contribution is -2.42. The molecule has 0 saturated carbocycles. The van der Waals surface area contributed by atoms with E-state index in [1.165, 1.54) is 0 Å². The van der Waals surface area contributed by atoms with Gasteiger partial charge in [0, 0.05) is 17.0 Å². The molecule has 0 aliphatic rings. The maximum Gasteiger partial charge on any atom is 0.405 e. The van der Waals surface area contributed by atoms with Crippen molar-refractivity contribution < 1.29 is 9.90 Å². The molecule has 0 heterocycles. The van der Waals surface area contributed by atoms with Crippen LogP contribution < -0.4 is 5.32 Å². The van der Waals surface area contributed by atoms with E-state index >= 15 is 0 Å². The minimum absolute atomic E-state index is 0.404. The van der Waals surface area contributed by atoms with E-state index in [0.29, 0.717) is 19.4 Å². The summed E-state index contributed by atoms with van der Waals surface area (Å²) in [5.41, 5.74) is 7.53. The summed E-state index contributed by atoms with van der Waals surface area (Å²) < 4.78 is 0. The van der Waals surface area contributed by atoms with Gasteiger partial charge in [0.2, 0.25) is 0 Å². The fraction of sp³-hybridized carbons (Fsp3) is 0.857. The molecule has 0 radical (unpaired) electrons. The van der Waals surface area contributed by atoms with Gasteiger partial charge in [0.15, 0.2) is 0 Å². The van der Waals surface area contributed by atoms with Crippen LogP contribution in [0.3, 0.4) is 0 Å². The first-order chi connectivity index (χ1) is 5.98. The topological polar surface area (TPSA) is 98.1 Å². The largest absolute Gasteiger partial charge is 0.465 e. The van der Waals surface area contributed by atoms with Gasteiger partial charge in [-0.1, -0.05) is 5.11 Å². The van der Waals surface area contributed by atoms with Gasteiger partial charge < -0.3 is 10.4 Å². The Labute approximate surface area is 76.6 Å². The van der Waals surface area contributed by atoms with E-state index in [2.05, 4.69) is 15.3 Å². The van der Waals surface area contributed by atoms with Crippen LogP contribution in [-0.2, 0) is 0 Å². The summed E-state index contributed by atoms with van der Waals surface area (Å²) >= 11 is 0. The Bertz CT molecular complexity index is 221. The number of carbonyl (C=O) groups is 1. The normalized spacial score (nSPS) is 10.3. The molecule has 0 atom stereocenters. The van der Waals surface area contributed by atoms with Gasteiger partial charge in [-0.15, -0.1) is 0 Å². The first kappa shape index (κ1) is 11.6. The van der Waals surface area contributed by atoms with Gasteiger partial charge in [0.1, 0.15) is 0 Å². The monoisotopic (exact) mass is 186 g/mol. The third-order valence-corrected chi connectivity index (χ3v) is 1.57. The molecular formula is C7H14N4O2. The first-order valence-electron chi connectivity index (χ1n) is 4.00. The number of hydrogen-bond acceptors (Lipinski definition) is 2. The summed E-state index contributed by atoms with van der Waals surface area (Å²) in [6, 6.07) is 0. The summed E-state index contributed by atoms with van der Waals surface area (Å²) in [6.07, 6.45) is 0.295. The minimum Gasteiger partial charge on any atom is -0.465 e. The van der Waals surface area contributed by atoms with Crippen molar-refractivity contribution in [3.05, 3.63) is 10.4 Å². The van der Waals surface area contributed by atoms with Crippen LogP contribution in [0.4, 0.5) is 4.79 Å². The van der Waals surface area contributed by atoms with Crippen LogP contribution in [0.25, 0.3) is 10.4 Å². The summed E-state index contributed by atoms with van der Waals surface area (Å²) in [5, 5.41) is 14.2. The van der Waals surface area contributed by atoms with E-state index in [1.807, 2.05) is 0 Å². The van der Waals surface area contributed by atoms with Gasteiger partial charge in [0.05, 0.1) is 0 Å². The van der Waals surface area contributed by atoms with E-state index in [4.69, 9.17) is 10.6 Å². The SMILES string of the molecule is CC(C)(CCCN=[N+]=[N-])NC(=O)O. The van der Waals surface area contributed by atoms with Crippen molar-refractivity contribution in [1.82, 2.24) is 5.32 Å². The first-order valence-corrected chi connectivity index (χ1v) is 4.00. The van der Waals surface area contributed by atoms with Crippen LogP contribution in [0.15, 0.2) is 5.11 Å². The molecule has 6 heteroatoms. The summed E-state index contributed by atoms with van der Waals surface area (Å²) in [6.45, 7) is 3.98. The number of carboxylic acid groups (broad SMARTS) is 1. The maximum atomic E-state index is 10.3. The number of nitrogens with zero attached hydrogens (tertiary/aromatic N) is 3. The highest BCUT2D eigenvalue weighted by Crippen LogP contribution is 2.10. The zero-order valence-electron chi connectivity index (χ0n) is 7.82. The lowest BCUT2D eigenvalue weighted by molar-refractivity contribution is 0.180. The van der Waals surface area contributed by atoms with Gasteiger partial charge >= 0.3 is 6.09 Å². The van der Waals surface area contributed by atoms with Crippen LogP contribution >= 0.6 is 0 Å². The van der Waals surface area contributed by atoms with Crippen LogP contribution in [0, 0.1) is 0 Å². The molecule has 74 valence electrons. The molecule has 0 aromatic carbocycles. The van der Waals surface area contributed by atoms with Crippen molar-refractivity contribution in [3.8, 4) is 0 Å². The molecule has 0 bridgehead atoms. The molecule has 0 fully saturated rings. The molecule has 0 aliphatic heterocycles. The molecule has 0 unspecified atom stereocenters. The Hall–Kier alpha value is -1.42. The van der Waals surface area contributed by atoms with Crippen molar-refractivity contribution >= 4 is 6.09 Å². The zero-order chi connectivity index (χ0) is 10.3. The number of amides is 1. The lowest BCUT2D eigenvalue weighted by atomic mass is 9.99. The van der Waals surface area contributed by atoms with Gasteiger partial charge in [-0.3, -0.25) is 0 Å². The molecule has 2 N–H and O–H groups in total. The van der Waals surface area contributed by atoms with Crippen molar-refractivity contribution in [2.75, 3.05) is 6.54 Å². The van der Waals surface area contributed by atoms with Gasteiger partial charge in [-0.05, 0) is 32.2 Å². The number of rotatable bonds is 5. The molecule has 0 aromatic rings. The highest BCUT2D eigenvalue weighted by atomic mass is 16.4. The summed E-state index contributed by atoms with van der Waals surface area (Å²) in [7, 11) is 0. The highest BCUT2D eigenvalue weighted by Gasteiger charge is 2.18. The Balaban J connectivity index is 3.74. The maximum absolute atomic E-state index is 10.3. The molecule has 0 aromatic heterocycles. The molecule has 13 heavy (non-hydrogen) atoms. The highest BCUT2D eigenvalue weighted by molar-refractivity contribution is 5.65. The molecular weight excluding hydrogens is 172 g/mol. The average molecular weight is 186 g/mol. The van der Waals surface area contributed by atoms with Gasteiger partial charge in [-0.2, -0.15) is 0 Å². The van der Waals surface area contributed by atoms with Crippen molar-refractivity contribution in [2.45, 2.75) is 32.2 Å². The smallest absolute Gasteiger partial charge is 0.405 e. The predicted molar refractivity (Wildman–Crippen MR) is 48.5 cm³/mol. The van der Waals surface area contributed by atoms with Crippen LogP contribution in [0.1, 0.15) is 26.7 Å². The summed E-state index contributed by atoms with van der Waals surface area (Å²) in [4.78, 5) is 12.9. The Morgan fingerprint density at radius 2 is 2.31 bits per heavy atom. The zero-order valence-corrected chi connectivity index (χ0v) is 7.82. The summed E-state index contributed by atoms with van der Waals surface area (Å²) in [5.74, 6) is 0. The second-order valence-corrected chi connectivity index (χ2v) is 3.37. The van der Waals surface area contributed by atoms with E-state index in [0.717, 1.165) is 0 Å². The van der Waals surface area contributed by atoms with E-state index in [9.17, 15) is 4.79 Å². The van der Waals surface area contributed by atoms with Crippen molar-refractivity contribution in [2.24, 2.45) is 5.11 Å². The van der Waals surface area contributed by atoms with Crippen molar-refractivity contribution in [1.29, 1.82) is 0 Å². The third-order valence-electron chi connectivity index (χ3n) is 1.57. The van der Waals surface area contributed by atoms with Crippen LogP contribution in [0.2, 0.25) is 0 Å². The number of hydrogen-bond donors (Lipinski definition) is 2. The lowest BCUT2D eigenvalue weighted by Gasteiger charge is -2.23. The molecule has 0 rings (SSSR count). The molecule has 0 spiro atoms. The average Bonchev–Trinajstić information content (AvgIpc) is 1.95. The number of azide groups is 1. The van der Waals surface area contributed by atoms with Crippen LogP contribution in [-0.4, -0.2) is 23.3 Å². The molecule has 0 aliphatic carbocycles. The van der Waals surface area contributed by atoms with Crippen LogP contribution in [0.5, 0.6) is 0 Å². The van der Waals surface area contributed by atoms with Gasteiger partial charge in [-0.25, -0.2) is 4.79 Å². The standard InChI is InChI=1S/C7H14N4O2/c1-7(2,10-6(12)13)4-3-5-9-11-8/h10H,3-5H2,1-2H3,(H,12,13). The second-order valence-electron chi connectivity index (χ2n) is 3.37. The molecule has 0 saturated heterocycles. The fourth-order valence-electron chi connectivity index (χ4n) is 0.988. The predicted octanol–water partition coefficient (Wildman–Crippen LogP) is 2.12. The third kappa shape index (κ3) is 6.96. The van der Waals surface area contributed by atoms with E-state index in [1.54, 1.807) is 13.8 Å². The Morgan fingerprint density at radius 1 is 1.69 bits per heavy atom. The van der Waals surface area contributed by atoms with E-state index < -0.39 is 11.6 Å². The Kier molecular flexibility index (Phi) is 4.69. The molecule has 6 nitrogen and oxygen atoms in total. The van der Waals surface area contributed by atoms with Gasteiger partial charge in [0.25, 0.3) is 0 Å². The number of nitrogens with one attached hydrogen (secondary N) is 1. The quantitative estimate of drug-likeness (QED) is 0.297. The second kappa shape index (κ2) is 5.27. The fourth-order valence-corrected chi connectivity index (χ4v) is 0.988. The Morgan fingerprint density at radius 3 is 2.77 bits per heavy atom. The molecule has 1 amide bonds. The minimum atomic E-state index is -1.03. The van der Waals surface area contributed by atoms with E-state index in [-0.39, 0.29) is 0 Å². The van der Waals surface area contributed by atoms with Crippen molar-refractivity contribution in [3.63, 3.8) is 0 Å².